The van der Waals surface area contributed by atoms with E-state index >= 15 is 8.90 Å². The second kappa shape index (κ2) is 25.5. The van der Waals surface area contributed by atoms with Crippen molar-refractivity contribution in [2.45, 2.75) is 121 Å². The van der Waals surface area contributed by atoms with Gasteiger partial charge in [-0.25, -0.2) is 0 Å². The molecule has 0 aromatic heterocycles. The number of unbranched alkanes of at least 4 members (excludes halogenated alkanes) is 2. The number of hydrogen-bond donors (Lipinski definition) is 5. The number of halogens is 1. The zero-order valence-electron chi connectivity index (χ0n) is 46.7. The first-order valence-corrected chi connectivity index (χ1v) is 31.3. The van der Waals surface area contributed by atoms with Crippen molar-refractivity contribution >= 4 is 60.5 Å². The zero-order chi connectivity index (χ0) is 56.7. The summed E-state index contributed by atoms with van der Waals surface area (Å²) in [5.41, 5.74) is 4.25. The summed E-state index contributed by atoms with van der Waals surface area (Å²) in [6.45, 7) is 11.0. The van der Waals surface area contributed by atoms with Crippen molar-refractivity contribution in [1.82, 2.24) is 15.5 Å². The molecule has 6 atom stereocenters. The molecule has 2 unspecified atom stereocenters. The van der Waals surface area contributed by atoms with Crippen LogP contribution in [0.1, 0.15) is 80.7 Å². The molecule has 1 fully saturated rings. The topological polar surface area (TPSA) is 194 Å². The monoisotopic (exact) mass is 1110 g/mol. The molecule has 9 rings (SSSR count). The van der Waals surface area contributed by atoms with E-state index in [2.05, 4.69) is 10.6 Å². The molecular weight excluding hydrogens is 1040 g/mol. The first-order valence-electron chi connectivity index (χ1n) is 28.4. The Morgan fingerprint density at radius 2 is 1.26 bits per heavy atom. The predicted molar refractivity (Wildman–Crippen MR) is 309 cm³/mol. The highest BCUT2D eigenvalue weighted by Gasteiger charge is 2.67. The van der Waals surface area contributed by atoms with Crippen LogP contribution in [0.4, 0.5) is 32.5 Å². The highest BCUT2D eigenvalue weighted by atomic mass is 28.4. The van der Waals surface area contributed by atoms with E-state index in [1.807, 2.05) is 130 Å². The molecule has 0 bridgehead atoms. The smallest absolute Gasteiger partial charge is 0.264 e. The Bertz CT molecular complexity index is 3000. The van der Waals surface area contributed by atoms with E-state index in [0.29, 0.717) is 105 Å². The van der Waals surface area contributed by atoms with Gasteiger partial charge in [0.1, 0.15) is 11.5 Å². The number of amides is 4. The largest absolute Gasteiger partial charge is 0.494 e. The van der Waals surface area contributed by atoms with Crippen molar-refractivity contribution in [3.8, 4) is 11.5 Å². The van der Waals surface area contributed by atoms with Gasteiger partial charge in [-0.05, 0) is 168 Å². The third-order valence-corrected chi connectivity index (χ3v) is 18.6. The summed E-state index contributed by atoms with van der Waals surface area (Å²) in [5, 5.41) is 35.9. The van der Waals surface area contributed by atoms with Gasteiger partial charge in [0.05, 0.1) is 68.0 Å². The second-order valence-corrected chi connectivity index (χ2v) is 25.6. The molecule has 1 saturated heterocycles. The molecule has 5 aromatic rings. The summed E-state index contributed by atoms with van der Waals surface area (Å²) in [6, 6.07) is 32.6. The van der Waals surface area contributed by atoms with Gasteiger partial charge in [-0.3, -0.25) is 29.0 Å². The van der Waals surface area contributed by atoms with E-state index < -0.39 is 49.6 Å². The number of fused-ring (bicyclic) bond motifs is 4. The Labute approximate surface area is 470 Å². The average molecular weight is 1110 g/mol. The van der Waals surface area contributed by atoms with Crippen LogP contribution in [0.3, 0.4) is 0 Å². The fourth-order valence-corrected chi connectivity index (χ4v) is 14.9. The van der Waals surface area contributed by atoms with Gasteiger partial charge in [0, 0.05) is 54.7 Å². The van der Waals surface area contributed by atoms with Gasteiger partial charge in [-0.15, -0.1) is 0 Å². The minimum Gasteiger partial charge on any atom is -0.494 e. The van der Waals surface area contributed by atoms with Crippen molar-refractivity contribution in [2.75, 3.05) is 67.4 Å². The summed E-state index contributed by atoms with van der Waals surface area (Å²) < 4.78 is 36.3. The van der Waals surface area contributed by atoms with Crippen LogP contribution >= 0.6 is 0 Å². The highest BCUT2D eigenvalue weighted by Crippen LogP contribution is 2.61. The van der Waals surface area contributed by atoms with E-state index in [1.54, 1.807) is 32.7 Å². The fourth-order valence-electron chi connectivity index (χ4n) is 12.4. The quantitative estimate of drug-likeness (QED) is 0.0215. The molecule has 4 aliphatic rings. The molecule has 80 heavy (non-hydrogen) atoms. The van der Waals surface area contributed by atoms with Gasteiger partial charge in [0.25, 0.3) is 5.91 Å². The number of ether oxygens (including phenoxy) is 3. The minimum absolute atomic E-state index is 0.0367. The van der Waals surface area contributed by atoms with Gasteiger partial charge in [0.15, 0.2) is 5.60 Å². The van der Waals surface area contributed by atoms with Crippen molar-refractivity contribution in [2.24, 2.45) is 5.92 Å². The van der Waals surface area contributed by atoms with Crippen molar-refractivity contribution in [3.63, 3.8) is 0 Å². The molecule has 0 radical (unpaired) electrons. The van der Waals surface area contributed by atoms with E-state index in [1.165, 1.54) is 0 Å². The molecule has 5 N–H and O–H groups in total. The van der Waals surface area contributed by atoms with Gasteiger partial charge < -0.3 is 54.1 Å². The minimum atomic E-state index is -3.78. The number of nitrogens with one attached hydrogen (secondary N) is 2. The summed E-state index contributed by atoms with van der Waals surface area (Å²) in [5.74, 6) is -0.511. The molecule has 4 aliphatic heterocycles. The lowest BCUT2D eigenvalue weighted by Crippen LogP contribution is -2.49. The Hall–Kier alpha value is -6.51. The zero-order valence-corrected chi connectivity index (χ0v) is 47.7. The van der Waals surface area contributed by atoms with Crippen LogP contribution in [0, 0.1) is 5.92 Å². The number of hydrogen-bond acceptors (Lipinski definition) is 12. The van der Waals surface area contributed by atoms with Crippen molar-refractivity contribution in [1.29, 1.82) is 0 Å². The molecule has 4 amide bonds. The van der Waals surface area contributed by atoms with E-state index in [0.717, 1.165) is 27.9 Å². The van der Waals surface area contributed by atoms with Crippen molar-refractivity contribution in [3.05, 3.63) is 137 Å². The third-order valence-electron chi connectivity index (χ3n) is 16.1. The maximum atomic E-state index is 17.3. The molecule has 1 spiro atoms. The van der Waals surface area contributed by atoms with Crippen LogP contribution in [0.2, 0.25) is 18.6 Å². The van der Waals surface area contributed by atoms with Crippen LogP contribution in [0.15, 0.2) is 109 Å². The molecule has 16 nitrogen and oxygen atoms in total. The van der Waals surface area contributed by atoms with Gasteiger partial charge in [-0.1, -0.05) is 49.4 Å². The second-order valence-electron chi connectivity index (χ2n) is 21.8. The normalized spacial score (nSPS) is 21.5. The number of carbonyl (C=O) groups excluding carboxylic acids is 4. The molecule has 0 aliphatic carbocycles. The van der Waals surface area contributed by atoms with E-state index in [9.17, 15) is 29.7 Å². The first kappa shape index (κ1) is 58.2. The van der Waals surface area contributed by atoms with Gasteiger partial charge in [0.2, 0.25) is 26.1 Å². The number of aliphatic hydroxyl groups excluding tert-OH is 3. The maximum Gasteiger partial charge on any atom is 0.264 e. The maximum absolute atomic E-state index is 17.3. The summed E-state index contributed by atoms with van der Waals surface area (Å²) in [6.07, 6.45) is 2.17. The Balaban J connectivity index is 1.11. The molecule has 0 saturated carbocycles. The van der Waals surface area contributed by atoms with Crippen LogP contribution < -0.4 is 34.8 Å². The van der Waals surface area contributed by atoms with Crippen LogP contribution in [-0.2, 0) is 55.4 Å². The molecular formula is C62H77FN6O10Si. The number of carbonyl (C=O) groups is 4. The Morgan fingerprint density at radius 1 is 0.713 bits per heavy atom. The third kappa shape index (κ3) is 11.9. The number of aliphatic hydroxyl groups is 3. The van der Waals surface area contributed by atoms with Crippen LogP contribution in [0.5, 0.6) is 11.5 Å². The van der Waals surface area contributed by atoms with Gasteiger partial charge in [-0.2, -0.15) is 0 Å². The predicted octanol–water partition coefficient (Wildman–Crippen LogP) is 8.12. The highest BCUT2D eigenvalue weighted by molar-refractivity contribution is 6.72. The fraction of sp³-hybridized carbons (Fsp3) is 0.452. The summed E-state index contributed by atoms with van der Waals surface area (Å²) >= 11 is 0. The molecule has 4 heterocycles. The lowest BCUT2D eigenvalue weighted by Gasteiger charge is -2.36. The SMILES string of the molecule is CCOc1ccc2c(c1)CC(NCCCCO)C(=O)N2c1ccc(CN2C(=O)[C@@]3(O[C@@H](CC(=O)N(CCO)Cc4ccccc4)[C@H]([Si](C)(C)F)[C@H]3C)c3cc(N4C(=O)C(NCCCCO)Cc5cc(OCC)ccc54)ccc32)cc1. The number of benzene rings is 5. The lowest BCUT2D eigenvalue weighted by atomic mass is 9.82. The molecule has 5 aromatic carbocycles. The Morgan fingerprint density at radius 3 is 1.80 bits per heavy atom. The molecule has 18 heteroatoms. The van der Waals surface area contributed by atoms with E-state index in [4.69, 9.17) is 14.2 Å². The number of nitrogens with zero attached hydrogens (tertiary/aromatic N) is 4. The standard InChI is InChI=1S/C62H77FN6O10Si/c1-6-77-48-22-25-53-44(33-48)35-51(64-27-11-13-30-70)59(74)68(53)46-19-17-43(18-20-46)40-67-55-24-21-47(69-54-26-23-49(78-7-2)34-45(54)36-52(60(69)75)65-28-12-14-31-71)37-50(55)62(61(67)76)41(3)58(80(4,5)63)56(79-62)38-57(73)66(29-32-72)39-42-15-9-8-10-16-42/h8-10,15-26,33-34,37,41,51-52,56,58,64-65,70-72H,6-7,11-14,27-32,35-36,38-40H2,1-5H3/t41-,51?,52?,56+,58-,62+/m1/s1. The van der Waals surface area contributed by atoms with Gasteiger partial charge >= 0.3 is 0 Å². The van der Waals surface area contributed by atoms with Crippen molar-refractivity contribution < 1.29 is 52.8 Å². The van der Waals surface area contributed by atoms with E-state index in [-0.39, 0.29) is 63.6 Å². The first-order chi connectivity index (χ1) is 38.6. The lowest BCUT2D eigenvalue weighted by molar-refractivity contribution is -0.150. The average Bonchev–Trinajstić information content (AvgIpc) is 4.12. The number of rotatable bonds is 25. The number of anilines is 5. The van der Waals surface area contributed by atoms with Crippen LogP contribution in [0.25, 0.3) is 0 Å². The molecule has 426 valence electrons. The summed E-state index contributed by atoms with van der Waals surface area (Å²) in [7, 11) is -3.78. The Kier molecular flexibility index (Phi) is 18.5. The summed E-state index contributed by atoms with van der Waals surface area (Å²) in [4.78, 5) is 66.3. The van der Waals surface area contributed by atoms with Crippen LogP contribution in [-0.4, -0.2) is 123 Å².